The van der Waals surface area contributed by atoms with Crippen molar-refractivity contribution in [1.29, 1.82) is 0 Å². The van der Waals surface area contributed by atoms with Gasteiger partial charge in [0.25, 0.3) is 0 Å². The lowest BCUT2D eigenvalue weighted by atomic mass is 9.85. The van der Waals surface area contributed by atoms with E-state index in [9.17, 15) is 4.79 Å². The summed E-state index contributed by atoms with van der Waals surface area (Å²) in [6, 6.07) is 0. The van der Waals surface area contributed by atoms with Crippen molar-refractivity contribution in [3.8, 4) is 0 Å². The molecule has 1 aliphatic heterocycles. The highest BCUT2D eigenvalue weighted by Crippen LogP contribution is 2.31. The van der Waals surface area contributed by atoms with Gasteiger partial charge in [-0.1, -0.05) is 13.8 Å². The first-order chi connectivity index (χ1) is 7.96. The molecule has 0 unspecified atom stereocenters. The van der Waals surface area contributed by atoms with Gasteiger partial charge in [-0.3, -0.25) is 4.79 Å². The molecule has 0 radical (unpaired) electrons. The number of hydrogen-bond acceptors (Lipinski definition) is 4. The molecule has 0 bridgehead atoms. The largest absolute Gasteiger partial charge is 0.375 e. The Bertz CT molecular complexity index is 414. The van der Waals surface area contributed by atoms with E-state index in [0.717, 1.165) is 24.3 Å². The summed E-state index contributed by atoms with van der Waals surface area (Å²) in [6.07, 6.45) is 4.46. The Hall–Kier alpha value is -1.10. The molecular weight excluding hydrogens is 234 g/mol. The molecule has 0 spiro atoms. The standard InChI is InChI=1S/C12H19N3OS/c1-12(2)4-3-10(16)15(6-5-12)8-9-7-14-11(13)17-9/h7H,3-6,8H2,1-2H3,(H2,13,14). The fourth-order valence-electron chi connectivity index (χ4n) is 2.04. The van der Waals surface area contributed by atoms with Crippen LogP contribution in [0.1, 0.15) is 38.0 Å². The smallest absolute Gasteiger partial charge is 0.222 e. The normalized spacial score (nSPS) is 20.4. The third kappa shape index (κ3) is 3.19. The lowest BCUT2D eigenvalue weighted by molar-refractivity contribution is -0.131. The monoisotopic (exact) mass is 253 g/mol. The molecule has 0 atom stereocenters. The van der Waals surface area contributed by atoms with Crippen LogP contribution in [0.3, 0.4) is 0 Å². The van der Waals surface area contributed by atoms with Crippen molar-refractivity contribution in [2.75, 3.05) is 12.3 Å². The molecule has 17 heavy (non-hydrogen) atoms. The molecule has 1 aromatic rings. The number of anilines is 1. The van der Waals surface area contributed by atoms with Gasteiger partial charge in [0.1, 0.15) is 0 Å². The van der Waals surface area contributed by atoms with Gasteiger partial charge in [0.2, 0.25) is 5.91 Å². The third-order valence-electron chi connectivity index (χ3n) is 3.34. The van der Waals surface area contributed by atoms with Crippen molar-refractivity contribution in [3.05, 3.63) is 11.1 Å². The van der Waals surface area contributed by atoms with Crippen molar-refractivity contribution < 1.29 is 4.79 Å². The van der Waals surface area contributed by atoms with E-state index in [2.05, 4.69) is 18.8 Å². The predicted octanol–water partition coefficient (Wildman–Crippen LogP) is 2.26. The maximum atomic E-state index is 12.0. The van der Waals surface area contributed by atoms with Crippen LogP contribution in [0.2, 0.25) is 0 Å². The molecule has 1 amide bonds. The Balaban J connectivity index is 2.03. The van der Waals surface area contributed by atoms with E-state index >= 15 is 0 Å². The Kier molecular flexibility index (Phi) is 3.38. The molecule has 94 valence electrons. The Morgan fingerprint density at radius 3 is 2.94 bits per heavy atom. The zero-order valence-corrected chi connectivity index (χ0v) is 11.2. The second-order valence-electron chi connectivity index (χ2n) is 5.39. The molecule has 1 saturated heterocycles. The second-order valence-corrected chi connectivity index (χ2v) is 6.54. The number of thiazole rings is 1. The number of nitrogen functional groups attached to an aromatic ring is 1. The van der Waals surface area contributed by atoms with Gasteiger partial charge < -0.3 is 10.6 Å². The highest BCUT2D eigenvalue weighted by atomic mass is 32.1. The van der Waals surface area contributed by atoms with Gasteiger partial charge >= 0.3 is 0 Å². The van der Waals surface area contributed by atoms with Gasteiger partial charge in [0.05, 0.1) is 6.54 Å². The number of rotatable bonds is 2. The highest BCUT2D eigenvalue weighted by Gasteiger charge is 2.27. The Morgan fingerprint density at radius 1 is 1.53 bits per heavy atom. The summed E-state index contributed by atoms with van der Waals surface area (Å²) in [5.41, 5.74) is 5.87. The average molecular weight is 253 g/mol. The van der Waals surface area contributed by atoms with Crippen molar-refractivity contribution in [2.24, 2.45) is 5.41 Å². The number of carbonyl (C=O) groups excluding carboxylic acids is 1. The van der Waals surface area contributed by atoms with E-state index in [1.807, 2.05) is 4.90 Å². The first kappa shape index (κ1) is 12.4. The van der Waals surface area contributed by atoms with Crippen LogP contribution in [-0.2, 0) is 11.3 Å². The maximum absolute atomic E-state index is 12.0. The number of likely N-dealkylation sites (tertiary alicyclic amines) is 1. The summed E-state index contributed by atoms with van der Waals surface area (Å²) in [6.45, 7) is 5.95. The zero-order chi connectivity index (χ0) is 12.5. The molecule has 4 nitrogen and oxygen atoms in total. The molecule has 1 fully saturated rings. The second kappa shape index (κ2) is 4.64. The molecule has 1 aliphatic rings. The topological polar surface area (TPSA) is 59.2 Å². The van der Waals surface area contributed by atoms with Crippen molar-refractivity contribution in [1.82, 2.24) is 9.88 Å². The van der Waals surface area contributed by atoms with Gasteiger partial charge in [-0.15, -0.1) is 11.3 Å². The van der Waals surface area contributed by atoms with Crippen molar-refractivity contribution >= 4 is 22.4 Å². The zero-order valence-electron chi connectivity index (χ0n) is 10.4. The first-order valence-electron chi connectivity index (χ1n) is 5.94. The molecule has 5 heteroatoms. The molecule has 0 saturated carbocycles. The molecule has 1 aromatic heterocycles. The lowest BCUT2D eigenvalue weighted by Crippen LogP contribution is -2.29. The first-order valence-corrected chi connectivity index (χ1v) is 6.76. The highest BCUT2D eigenvalue weighted by molar-refractivity contribution is 7.15. The van der Waals surface area contributed by atoms with Crippen LogP contribution in [0.15, 0.2) is 6.20 Å². The van der Waals surface area contributed by atoms with E-state index in [4.69, 9.17) is 5.73 Å². The summed E-state index contributed by atoms with van der Waals surface area (Å²) in [5, 5.41) is 0.572. The van der Waals surface area contributed by atoms with Gasteiger partial charge in [0, 0.05) is 24.0 Å². The minimum atomic E-state index is 0.252. The van der Waals surface area contributed by atoms with E-state index in [1.54, 1.807) is 6.20 Å². The summed E-state index contributed by atoms with van der Waals surface area (Å²) >= 11 is 1.46. The molecule has 0 aromatic carbocycles. The fraction of sp³-hybridized carbons (Fsp3) is 0.667. The summed E-state index contributed by atoms with van der Waals surface area (Å²) < 4.78 is 0. The molecular formula is C12H19N3OS. The third-order valence-corrected chi connectivity index (χ3v) is 4.16. The summed E-state index contributed by atoms with van der Waals surface area (Å²) in [5.74, 6) is 0.252. The Labute approximate surface area is 106 Å². The van der Waals surface area contributed by atoms with Gasteiger partial charge in [0.15, 0.2) is 5.13 Å². The molecule has 0 aliphatic carbocycles. The Morgan fingerprint density at radius 2 is 2.29 bits per heavy atom. The summed E-state index contributed by atoms with van der Waals surface area (Å²) in [7, 11) is 0. The fourth-order valence-corrected chi connectivity index (χ4v) is 2.74. The van der Waals surface area contributed by atoms with Gasteiger partial charge in [-0.05, 0) is 18.3 Å². The minimum absolute atomic E-state index is 0.252. The van der Waals surface area contributed by atoms with Crippen LogP contribution >= 0.6 is 11.3 Å². The van der Waals surface area contributed by atoms with E-state index < -0.39 is 0 Å². The van der Waals surface area contributed by atoms with Crippen molar-refractivity contribution in [3.63, 3.8) is 0 Å². The summed E-state index contributed by atoms with van der Waals surface area (Å²) in [4.78, 5) is 19.0. The number of nitrogens with zero attached hydrogens (tertiary/aromatic N) is 2. The van der Waals surface area contributed by atoms with Crippen LogP contribution in [0, 0.1) is 5.41 Å². The van der Waals surface area contributed by atoms with Crippen LogP contribution in [-0.4, -0.2) is 22.3 Å². The van der Waals surface area contributed by atoms with E-state index in [0.29, 0.717) is 18.1 Å². The van der Waals surface area contributed by atoms with Crippen molar-refractivity contribution in [2.45, 2.75) is 39.7 Å². The van der Waals surface area contributed by atoms with Crippen LogP contribution in [0.25, 0.3) is 0 Å². The number of hydrogen-bond donors (Lipinski definition) is 1. The van der Waals surface area contributed by atoms with Gasteiger partial charge in [-0.25, -0.2) is 4.98 Å². The van der Waals surface area contributed by atoms with E-state index in [1.165, 1.54) is 11.3 Å². The molecule has 2 N–H and O–H groups in total. The molecule has 2 heterocycles. The number of nitrogens with two attached hydrogens (primary N) is 1. The quantitative estimate of drug-likeness (QED) is 0.879. The SMILES string of the molecule is CC1(C)CCC(=O)N(Cc2cnc(N)s2)CC1. The van der Waals surface area contributed by atoms with E-state index in [-0.39, 0.29) is 11.3 Å². The average Bonchev–Trinajstić information content (AvgIpc) is 2.61. The van der Waals surface area contributed by atoms with Crippen LogP contribution in [0.4, 0.5) is 5.13 Å². The minimum Gasteiger partial charge on any atom is -0.375 e. The predicted molar refractivity (Wildman–Crippen MR) is 69.6 cm³/mol. The number of aromatic nitrogens is 1. The van der Waals surface area contributed by atoms with Gasteiger partial charge in [-0.2, -0.15) is 0 Å². The molecule has 2 rings (SSSR count). The lowest BCUT2D eigenvalue weighted by Gasteiger charge is -2.22. The number of amides is 1. The maximum Gasteiger partial charge on any atom is 0.222 e. The van der Waals surface area contributed by atoms with Crippen LogP contribution < -0.4 is 5.73 Å². The van der Waals surface area contributed by atoms with Crippen LogP contribution in [0.5, 0.6) is 0 Å². The number of carbonyl (C=O) groups is 1.